The Kier molecular flexibility index (Phi) is 6.70. The van der Waals surface area contributed by atoms with Crippen LogP contribution in [0.25, 0.3) is 0 Å². The zero-order valence-corrected chi connectivity index (χ0v) is 15.6. The van der Waals surface area contributed by atoms with Gasteiger partial charge in [-0.3, -0.25) is 9.48 Å². The maximum absolute atomic E-state index is 13.0. The van der Waals surface area contributed by atoms with Gasteiger partial charge in [0, 0.05) is 18.1 Å². The molecule has 136 valence electrons. The lowest BCUT2D eigenvalue weighted by molar-refractivity contribution is -0.126. The van der Waals surface area contributed by atoms with Crippen LogP contribution in [0.2, 0.25) is 5.02 Å². The summed E-state index contributed by atoms with van der Waals surface area (Å²) >= 11 is 6.21. The van der Waals surface area contributed by atoms with E-state index in [2.05, 4.69) is 15.7 Å². The molecule has 8 heteroatoms. The molecule has 0 radical (unpaired) electrons. The molecule has 1 aliphatic rings. The zero-order valence-electron chi connectivity index (χ0n) is 14.0. The smallest absolute Gasteiger partial charge is 0.252 e. The summed E-state index contributed by atoms with van der Waals surface area (Å²) in [5.41, 5.74) is -0.0293. The van der Waals surface area contributed by atoms with Crippen LogP contribution in [0.5, 0.6) is 5.75 Å². The Labute approximate surface area is 158 Å². The van der Waals surface area contributed by atoms with Crippen LogP contribution in [-0.2, 0) is 10.3 Å². The molecule has 1 aromatic heterocycles. The number of nitrogens with zero attached hydrogens (tertiary/aromatic N) is 2. The van der Waals surface area contributed by atoms with Crippen LogP contribution in [0, 0.1) is 0 Å². The van der Waals surface area contributed by atoms with E-state index in [0.29, 0.717) is 35.9 Å². The summed E-state index contributed by atoms with van der Waals surface area (Å²) in [4.78, 5) is 13.0. The van der Waals surface area contributed by atoms with Crippen molar-refractivity contribution in [3.05, 3.63) is 41.7 Å². The molecule has 2 aromatic rings. The van der Waals surface area contributed by atoms with E-state index in [1.54, 1.807) is 29.1 Å². The van der Waals surface area contributed by atoms with Gasteiger partial charge in [-0.2, -0.15) is 5.10 Å². The van der Waals surface area contributed by atoms with Gasteiger partial charge in [-0.1, -0.05) is 11.6 Å². The highest BCUT2D eigenvalue weighted by molar-refractivity contribution is 6.32. The minimum atomic E-state index is -0.681. The fourth-order valence-electron chi connectivity index (χ4n) is 3.02. The maximum atomic E-state index is 13.0. The molecule has 0 unspecified atom stereocenters. The van der Waals surface area contributed by atoms with Crippen molar-refractivity contribution < 1.29 is 9.53 Å². The summed E-state index contributed by atoms with van der Waals surface area (Å²) in [6.45, 7) is 3.99. The summed E-state index contributed by atoms with van der Waals surface area (Å²) in [5, 5.41) is 11.1. The molecule has 1 aromatic carbocycles. The van der Waals surface area contributed by atoms with Crippen LogP contribution in [0.1, 0.15) is 19.8 Å². The monoisotopic (exact) mass is 384 g/mol. The Morgan fingerprint density at radius 1 is 1.44 bits per heavy atom. The second-order valence-corrected chi connectivity index (χ2v) is 6.17. The average Bonchev–Trinajstić information content (AvgIpc) is 3.13. The van der Waals surface area contributed by atoms with Gasteiger partial charge < -0.3 is 15.4 Å². The fourth-order valence-corrected chi connectivity index (χ4v) is 3.26. The number of carbonyl (C=O) groups excluding carboxylic acids is 1. The van der Waals surface area contributed by atoms with E-state index in [4.69, 9.17) is 16.3 Å². The lowest BCUT2D eigenvalue weighted by Gasteiger charge is -2.36. The second-order valence-electron chi connectivity index (χ2n) is 5.76. The summed E-state index contributed by atoms with van der Waals surface area (Å²) in [7, 11) is 0. The van der Waals surface area contributed by atoms with E-state index < -0.39 is 5.54 Å². The standard InChI is InChI=1S/C17H21ClN4O2.ClH/c1-2-24-15-5-4-13(12-14(15)18)21-16(23)17(6-9-19-10-7-17)22-11-3-8-20-22;/h3-5,8,11-12,19H,2,6-7,9-10H2,1H3,(H,21,23);1H. The third-order valence-electron chi connectivity index (χ3n) is 4.29. The second kappa shape index (κ2) is 8.56. The van der Waals surface area contributed by atoms with Crippen LogP contribution in [0.15, 0.2) is 36.7 Å². The number of anilines is 1. The summed E-state index contributed by atoms with van der Waals surface area (Å²) < 4.78 is 7.19. The van der Waals surface area contributed by atoms with E-state index in [1.165, 1.54) is 0 Å². The number of nitrogens with one attached hydrogen (secondary N) is 2. The fraction of sp³-hybridized carbons (Fsp3) is 0.412. The molecule has 6 nitrogen and oxygen atoms in total. The molecule has 0 bridgehead atoms. The van der Waals surface area contributed by atoms with Crippen LogP contribution in [0.4, 0.5) is 5.69 Å². The summed E-state index contributed by atoms with van der Waals surface area (Å²) in [6, 6.07) is 7.12. The molecule has 0 atom stereocenters. The molecule has 0 spiro atoms. The minimum absolute atomic E-state index is 0. The molecule has 1 amide bonds. The third kappa shape index (κ3) is 4.08. The normalized spacial score (nSPS) is 15.9. The van der Waals surface area contributed by atoms with Crippen molar-refractivity contribution in [1.29, 1.82) is 0 Å². The van der Waals surface area contributed by atoms with Gasteiger partial charge in [0.2, 0.25) is 0 Å². The number of rotatable bonds is 5. The van der Waals surface area contributed by atoms with E-state index in [9.17, 15) is 4.79 Å². The molecular formula is C17H22Cl2N4O2. The number of carbonyl (C=O) groups is 1. The Morgan fingerprint density at radius 3 is 2.80 bits per heavy atom. The molecule has 2 N–H and O–H groups in total. The third-order valence-corrected chi connectivity index (χ3v) is 4.58. The number of halogens is 2. The molecule has 1 saturated heterocycles. The predicted molar refractivity (Wildman–Crippen MR) is 101 cm³/mol. The summed E-state index contributed by atoms with van der Waals surface area (Å²) in [5.74, 6) is 0.536. The first-order chi connectivity index (χ1) is 11.7. The number of aromatic nitrogens is 2. The SMILES string of the molecule is CCOc1ccc(NC(=O)C2(n3cccn3)CCNCC2)cc1Cl.Cl. The van der Waals surface area contributed by atoms with E-state index >= 15 is 0 Å². The Bertz CT molecular complexity index is 701. The topological polar surface area (TPSA) is 68.2 Å². The van der Waals surface area contributed by atoms with Crippen molar-refractivity contribution in [3.8, 4) is 5.75 Å². The van der Waals surface area contributed by atoms with Gasteiger partial charge in [-0.25, -0.2) is 0 Å². The average molecular weight is 385 g/mol. The lowest BCUT2D eigenvalue weighted by Crippen LogP contribution is -2.52. The minimum Gasteiger partial charge on any atom is -0.492 e. The first kappa shape index (κ1) is 19.6. The number of piperidine rings is 1. The van der Waals surface area contributed by atoms with Crippen LogP contribution in [-0.4, -0.2) is 35.4 Å². The van der Waals surface area contributed by atoms with Gasteiger partial charge in [0.05, 0.1) is 11.6 Å². The van der Waals surface area contributed by atoms with Crippen molar-refractivity contribution in [2.45, 2.75) is 25.3 Å². The lowest BCUT2D eigenvalue weighted by atomic mass is 9.87. The number of benzene rings is 1. The van der Waals surface area contributed by atoms with Crippen LogP contribution in [0.3, 0.4) is 0 Å². The van der Waals surface area contributed by atoms with E-state index in [0.717, 1.165) is 13.1 Å². The van der Waals surface area contributed by atoms with Crippen molar-refractivity contribution >= 4 is 35.6 Å². The molecule has 25 heavy (non-hydrogen) atoms. The van der Waals surface area contributed by atoms with Gasteiger partial charge in [0.1, 0.15) is 11.3 Å². The first-order valence-electron chi connectivity index (χ1n) is 8.10. The molecule has 3 rings (SSSR count). The van der Waals surface area contributed by atoms with Crippen molar-refractivity contribution in [3.63, 3.8) is 0 Å². The molecule has 1 aliphatic heterocycles. The van der Waals surface area contributed by atoms with Gasteiger partial charge in [-0.15, -0.1) is 12.4 Å². The molecule has 1 fully saturated rings. The van der Waals surface area contributed by atoms with E-state index in [-0.39, 0.29) is 18.3 Å². The van der Waals surface area contributed by atoms with Crippen molar-refractivity contribution in [1.82, 2.24) is 15.1 Å². The number of hydrogen-bond donors (Lipinski definition) is 2. The van der Waals surface area contributed by atoms with E-state index in [1.807, 2.05) is 19.2 Å². The highest BCUT2D eigenvalue weighted by atomic mass is 35.5. The highest BCUT2D eigenvalue weighted by Crippen LogP contribution is 2.31. The van der Waals surface area contributed by atoms with Crippen molar-refractivity contribution in [2.24, 2.45) is 0 Å². The van der Waals surface area contributed by atoms with Gasteiger partial charge >= 0.3 is 0 Å². The van der Waals surface area contributed by atoms with Gasteiger partial charge in [0.25, 0.3) is 5.91 Å². The Balaban J connectivity index is 0.00000225. The molecule has 2 heterocycles. The van der Waals surface area contributed by atoms with Crippen LogP contribution < -0.4 is 15.4 Å². The number of hydrogen-bond acceptors (Lipinski definition) is 4. The van der Waals surface area contributed by atoms with Gasteiger partial charge in [0.15, 0.2) is 0 Å². The number of ether oxygens (including phenoxy) is 1. The summed E-state index contributed by atoms with van der Waals surface area (Å²) in [6.07, 6.45) is 4.91. The first-order valence-corrected chi connectivity index (χ1v) is 8.48. The Morgan fingerprint density at radius 2 is 2.20 bits per heavy atom. The number of amides is 1. The van der Waals surface area contributed by atoms with Crippen molar-refractivity contribution in [2.75, 3.05) is 25.0 Å². The quantitative estimate of drug-likeness (QED) is 0.830. The largest absolute Gasteiger partial charge is 0.492 e. The molecule has 0 aliphatic carbocycles. The van der Waals surface area contributed by atoms with Gasteiger partial charge in [-0.05, 0) is 57.1 Å². The zero-order chi connectivity index (χ0) is 17.0. The Hall–Kier alpha value is -1.76. The molecular weight excluding hydrogens is 363 g/mol. The highest BCUT2D eigenvalue weighted by Gasteiger charge is 2.42. The maximum Gasteiger partial charge on any atom is 0.252 e. The predicted octanol–water partition coefficient (Wildman–Crippen LogP) is 3.07. The molecule has 0 saturated carbocycles. The van der Waals surface area contributed by atoms with Crippen LogP contribution >= 0.6 is 24.0 Å².